The van der Waals surface area contributed by atoms with Gasteiger partial charge in [0.15, 0.2) is 12.0 Å². The van der Waals surface area contributed by atoms with Gasteiger partial charge in [0.1, 0.15) is 11.3 Å². The van der Waals surface area contributed by atoms with Gasteiger partial charge < -0.3 is 9.09 Å². The second kappa shape index (κ2) is 4.73. The summed E-state index contributed by atoms with van der Waals surface area (Å²) in [5, 5.41) is 3.57. The van der Waals surface area contributed by atoms with Crippen LogP contribution in [0.4, 0.5) is 0 Å². The van der Waals surface area contributed by atoms with Gasteiger partial charge in [-0.25, -0.2) is 9.97 Å². The third kappa shape index (κ3) is 1.95. The van der Waals surface area contributed by atoms with E-state index in [0.29, 0.717) is 24.7 Å². The van der Waals surface area contributed by atoms with E-state index in [1.165, 1.54) is 6.33 Å². The van der Waals surface area contributed by atoms with Gasteiger partial charge in [0, 0.05) is 19.2 Å². The van der Waals surface area contributed by atoms with E-state index in [0.717, 1.165) is 17.0 Å². The summed E-state index contributed by atoms with van der Waals surface area (Å²) in [5.41, 5.74) is 1.67. The van der Waals surface area contributed by atoms with Crippen molar-refractivity contribution in [2.75, 3.05) is 0 Å². The molecule has 0 radical (unpaired) electrons. The molecule has 6 nitrogen and oxygen atoms in total. The van der Waals surface area contributed by atoms with Crippen LogP contribution in [0.1, 0.15) is 11.7 Å². The van der Waals surface area contributed by atoms with Crippen molar-refractivity contribution < 1.29 is 4.52 Å². The normalized spacial score (nSPS) is 11.2. The van der Waals surface area contributed by atoms with E-state index in [2.05, 4.69) is 20.1 Å². The van der Waals surface area contributed by atoms with E-state index in [1.54, 1.807) is 6.20 Å². The Balaban J connectivity index is 1.94. The van der Waals surface area contributed by atoms with E-state index >= 15 is 0 Å². The molecule has 3 heterocycles. The second-order valence-electron chi connectivity index (χ2n) is 3.74. The first-order chi connectivity index (χ1) is 8.88. The van der Waals surface area contributed by atoms with Crippen LogP contribution in [0, 0.1) is 0 Å². The quantitative estimate of drug-likeness (QED) is 0.671. The van der Waals surface area contributed by atoms with E-state index in [1.807, 2.05) is 16.7 Å². The van der Waals surface area contributed by atoms with E-state index in [4.69, 9.17) is 16.1 Å². The first-order valence-electron chi connectivity index (χ1n) is 5.50. The molecule has 0 unspecified atom stereocenters. The number of aryl methyl sites for hydroxylation is 2. The van der Waals surface area contributed by atoms with Gasteiger partial charge in [-0.1, -0.05) is 5.16 Å². The summed E-state index contributed by atoms with van der Waals surface area (Å²) >= 11 is 5.90. The maximum absolute atomic E-state index is 5.90. The number of rotatable bonds is 4. The molecule has 3 aromatic rings. The second-order valence-corrected chi connectivity index (χ2v) is 4.01. The van der Waals surface area contributed by atoms with Gasteiger partial charge in [0.25, 0.3) is 0 Å². The Morgan fingerprint density at radius 2 is 2.28 bits per heavy atom. The van der Waals surface area contributed by atoms with Crippen molar-refractivity contribution in [3.05, 3.63) is 36.4 Å². The molecule has 0 aliphatic rings. The molecule has 92 valence electrons. The van der Waals surface area contributed by atoms with E-state index in [-0.39, 0.29) is 0 Å². The number of pyridine rings is 1. The van der Waals surface area contributed by atoms with Crippen LogP contribution in [0.2, 0.25) is 0 Å². The zero-order valence-corrected chi connectivity index (χ0v) is 10.2. The van der Waals surface area contributed by atoms with Crippen molar-refractivity contribution >= 4 is 22.8 Å². The lowest BCUT2D eigenvalue weighted by Gasteiger charge is -2.04. The fourth-order valence-corrected chi connectivity index (χ4v) is 2.06. The number of nitrogens with zero attached hydrogens (tertiary/aromatic N) is 5. The fraction of sp³-hybridized carbons (Fsp3) is 0.273. The van der Waals surface area contributed by atoms with Crippen molar-refractivity contribution in [3.8, 4) is 0 Å². The Hall–Kier alpha value is -1.95. The van der Waals surface area contributed by atoms with Crippen molar-refractivity contribution in [2.45, 2.75) is 18.8 Å². The molecular formula is C11H10ClN5O. The van der Waals surface area contributed by atoms with Gasteiger partial charge in [-0.15, -0.1) is 11.6 Å². The average molecular weight is 264 g/mol. The molecular weight excluding hydrogens is 254 g/mol. The Kier molecular flexibility index (Phi) is 2.93. The standard InChI is InChI=1S/C11H10ClN5O/c12-6-9-16-8-2-1-4-13-11(8)17(9)5-3-10-14-7-15-18-10/h1-2,4,7H,3,5-6H2. The number of alkyl halides is 1. The molecule has 0 N–H and O–H groups in total. The SMILES string of the molecule is ClCc1nc2cccnc2n1CCc1ncno1. The van der Waals surface area contributed by atoms with Gasteiger partial charge in [0.05, 0.1) is 5.88 Å². The Labute approximate surface area is 108 Å². The first kappa shape index (κ1) is 11.2. The lowest BCUT2D eigenvalue weighted by molar-refractivity contribution is 0.371. The predicted octanol–water partition coefficient (Wildman–Crippen LogP) is 1.80. The van der Waals surface area contributed by atoms with Gasteiger partial charge in [0.2, 0.25) is 5.89 Å². The van der Waals surface area contributed by atoms with E-state index < -0.39 is 0 Å². The summed E-state index contributed by atoms with van der Waals surface area (Å²) < 4.78 is 6.95. The topological polar surface area (TPSA) is 69.6 Å². The maximum atomic E-state index is 5.90. The highest BCUT2D eigenvalue weighted by molar-refractivity contribution is 6.16. The minimum atomic E-state index is 0.347. The smallest absolute Gasteiger partial charge is 0.228 e. The molecule has 3 aromatic heterocycles. The highest BCUT2D eigenvalue weighted by Crippen LogP contribution is 2.15. The molecule has 3 rings (SSSR count). The van der Waals surface area contributed by atoms with E-state index in [9.17, 15) is 0 Å². The summed E-state index contributed by atoms with van der Waals surface area (Å²) in [6, 6.07) is 3.78. The molecule has 0 aliphatic carbocycles. The molecule has 7 heteroatoms. The molecule has 0 spiro atoms. The summed E-state index contributed by atoms with van der Waals surface area (Å²) in [5.74, 6) is 1.73. The van der Waals surface area contributed by atoms with Crippen LogP contribution in [0.15, 0.2) is 29.2 Å². The zero-order valence-electron chi connectivity index (χ0n) is 9.45. The molecule has 0 saturated heterocycles. The molecule has 0 atom stereocenters. The van der Waals surface area contributed by atoms with Crippen LogP contribution in [-0.4, -0.2) is 24.7 Å². The average Bonchev–Trinajstić information content (AvgIpc) is 3.03. The lowest BCUT2D eigenvalue weighted by Crippen LogP contribution is -2.06. The molecule has 0 saturated carbocycles. The third-order valence-electron chi connectivity index (χ3n) is 2.66. The summed E-state index contributed by atoms with van der Waals surface area (Å²) in [6.45, 7) is 0.664. The van der Waals surface area contributed by atoms with Crippen LogP contribution in [0.5, 0.6) is 0 Å². The first-order valence-corrected chi connectivity index (χ1v) is 6.03. The third-order valence-corrected chi connectivity index (χ3v) is 2.90. The fourth-order valence-electron chi connectivity index (χ4n) is 1.86. The van der Waals surface area contributed by atoms with Gasteiger partial charge >= 0.3 is 0 Å². The van der Waals surface area contributed by atoms with Crippen molar-refractivity contribution in [1.29, 1.82) is 0 Å². The highest BCUT2D eigenvalue weighted by atomic mass is 35.5. The van der Waals surface area contributed by atoms with Crippen LogP contribution >= 0.6 is 11.6 Å². The number of imidazole rings is 1. The van der Waals surface area contributed by atoms with Gasteiger partial charge in [-0.05, 0) is 12.1 Å². The number of halogens is 1. The van der Waals surface area contributed by atoms with Crippen LogP contribution < -0.4 is 0 Å². The maximum Gasteiger partial charge on any atom is 0.228 e. The Morgan fingerprint density at radius 1 is 1.33 bits per heavy atom. The van der Waals surface area contributed by atoms with Crippen LogP contribution in [0.25, 0.3) is 11.2 Å². The summed E-state index contributed by atoms with van der Waals surface area (Å²) in [6.07, 6.45) is 3.76. The number of hydrogen-bond donors (Lipinski definition) is 0. The van der Waals surface area contributed by atoms with Gasteiger partial charge in [-0.2, -0.15) is 4.98 Å². The molecule has 0 fully saturated rings. The van der Waals surface area contributed by atoms with Crippen LogP contribution in [0.3, 0.4) is 0 Å². The zero-order chi connectivity index (χ0) is 12.4. The Bertz CT molecular complexity index is 649. The number of hydrogen-bond acceptors (Lipinski definition) is 5. The van der Waals surface area contributed by atoms with Crippen molar-refractivity contribution in [1.82, 2.24) is 24.7 Å². The minimum absolute atomic E-state index is 0.347. The molecule has 0 aliphatic heterocycles. The van der Waals surface area contributed by atoms with Crippen molar-refractivity contribution in [2.24, 2.45) is 0 Å². The molecule has 0 amide bonds. The largest absolute Gasteiger partial charge is 0.340 e. The number of aromatic nitrogens is 5. The lowest BCUT2D eigenvalue weighted by atomic mass is 10.4. The van der Waals surface area contributed by atoms with Crippen LogP contribution in [-0.2, 0) is 18.8 Å². The Morgan fingerprint density at radius 3 is 3.06 bits per heavy atom. The predicted molar refractivity (Wildman–Crippen MR) is 65.1 cm³/mol. The molecule has 18 heavy (non-hydrogen) atoms. The summed E-state index contributed by atoms with van der Waals surface area (Å²) in [4.78, 5) is 12.7. The molecule has 0 bridgehead atoms. The number of fused-ring (bicyclic) bond motifs is 1. The highest BCUT2D eigenvalue weighted by Gasteiger charge is 2.11. The van der Waals surface area contributed by atoms with Gasteiger partial charge in [-0.3, -0.25) is 0 Å². The molecule has 0 aromatic carbocycles. The minimum Gasteiger partial charge on any atom is -0.340 e. The summed E-state index contributed by atoms with van der Waals surface area (Å²) in [7, 11) is 0. The van der Waals surface area contributed by atoms with Crippen molar-refractivity contribution in [3.63, 3.8) is 0 Å². The monoisotopic (exact) mass is 263 g/mol.